The Morgan fingerprint density at radius 1 is 1.27 bits per heavy atom. The molecule has 2 aliphatic rings. The number of piperidine rings is 1. The normalized spacial score (nSPS) is 51.5. The third kappa shape index (κ3) is 1.18. The summed E-state index contributed by atoms with van der Waals surface area (Å²) in [4.78, 5) is 2.44. The fourth-order valence-electron chi connectivity index (χ4n) is 2.68. The molecule has 0 spiro atoms. The lowest BCUT2D eigenvalue weighted by Gasteiger charge is -2.40. The van der Waals surface area contributed by atoms with Crippen molar-refractivity contribution in [2.24, 2.45) is 0 Å². The molecule has 0 aromatic heterocycles. The van der Waals surface area contributed by atoms with Gasteiger partial charge in [0, 0.05) is 12.1 Å². The molecule has 2 bridgehead atoms. The Kier molecular flexibility index (Phi) is 1.52. The minimum atomic E-state index is -0.377. The van der Waals surface area contributed by atoms with E-state index in [0.717, 1.165) is 12.8 Å². The lowest BCUT2D eigenvalue weighted by molar-refractivity contribution is -0.0298. The molecule has 64 valence electrons. The molecule has 0 radical (unpaired) electrons. The van der Waals surface area contributed by atoms with Crippen LogP contribution in [0.2, 0.25) is 0 Å². The van der Waals surface area contributed by atoms with Gasteiger partial charge < -0.3 is 10.0 Å². The van der Waals surface area contributed by atoms with Crippen molar-refractivity contribution in [1.82, 2.24) is 4.90 Å². The number of aliphatic hydroxyl groups is 1. The Labute approximate surface area is 68.2 Å². The van der Waals surface area contributed by atoms with E-state index in [0.29, 0.717) is 12.1 Å². The summed E-state index contributed by atoms with van der Waals surface area (Å²) >= 11 is 0. The first-order chi connectivity index (χ1) is 5.08. The van der Waals surface area contributed by atoms with Crippen LogP contribution in [0.1, 0.15) is 32.6 Å². The van der Waals surface area contributed by atoms with Gasteiger partial charge in [-0.3, -0.25) is 0 Å². The van der Waals surface area contributed by atoms with Crippen LogP contribution in [0.15, 0.2) is 0 Å². The SMILES string of the molecule is CN1[C@@H]2CC[C@@H]1CC(C)(O)C2. The topological polar surface area (TPSA) is 23.5 Å². The van der Waals surface area contributed by atoms with E-state index in [2.05, 4.69) is 11.9 Å². The van der Waals surface area contributed by atoms with Gasteiger partial charge in [0.05, 0.1) is 5.60 Å². The summed E-state index contributed by atoms with van der Waals surface area (Å²) in [6.07, 6.45) is 4.52. The highest BCUT2D eigenvalue weighted by Gasteiger charge is 2.43. The van der Waals surface area contributed by atoms with Crippen LogP contribution in [-0.4, -0.2) is 34.7 Å². The summed E-state index contributed by atoms with van der Waals surface area (Å²) < 4.78 is 0. The molecule has 0 unspecified atom stereocenters. The van der Waals surface area contributed by atoms with E-state index in [1.807, 2.05) is 6.92 Å². The third-order valence-electron chi connectivity index (χ3n) is 3.34. The molecule has 2 heterocycles. The highest BCUT2D eigenvalue weighted by molar-refractivity contribution is 4.98. The van der Waals surface area contributed by atoms with Crippen LogP contribution < -0.4 is 0 Å². The second-order valence-corrected chi connectivity index (χ2v) is 4.46. The Bertz CT molecular complexity index is 151. The largest absolute Gasteiger partial charge is 0.390 e. The van der Waals surface area contributed by atoms with E-state index in [4.69, 9.17) is 0 Å². The van der Waals surface area contributed by atoms with Crippen molar-refractivity contribution >= 4 is 0 Å². The third-order valence-corrected chi connectivity index (χ3v) is 3.34. The minimum Gasteiger partial charge on any atom is -0.390 e. The molecule has 2 nitrogen and oxygen atoms in total. The standard InChI is InChI=1S/C9H17NO/c1-9(11)5-7-3-4-8(6-9)10(7)2/h7-8,11H,3-6H2,1-2H3/t7-,8-/m1/s1. The minimum absolute atomic E-state index is 0.377. The quantitative estimate of drug-likeness (QED) is 0.564. The van der Waals surface area contributed by atoms with Crippen LogP contribution >= 0.6 is 0 Å². The van der Waals surface area contributed by atoms with Crippen molar-refractivity contribution in [2.45, 2.75) is 50.3 Å². The molecule has 1 N–H and O–H groups in total. The monoisotopic (exact) mass is 155 g/mol. The van der Waals surface area contributed by atoms with Crippen LogP contribution in [0.5, 0.6) is 0 Å². The Hall–Kier alpha value is -0.0800. The molecule has 2 rings (SSSR count). The average molecular weight is 155 g/mol. The van der Waals surface area contributed by atoms with Gasteiger partial charge in [0.2, 0.25) is 0 Å². The van der Waals surface area contributed by atoms with Gasteiger partial charge in [0.1, 0.15) is 0 Å². The number of rotatable bonds is 0. The molecule has 2 fully saturated rings. The summed E-state index contributed by atoms with van der Waals surface area (Å²) in [5.41, 5.74) is -0.377. The molecule has 2 heteroatoms. The maximum absolute atomic E-state index is 9.85. The molecule has 0 saturated carbocycles. The average Bonchev–Trinajstić information content (AvgIpc) is 2.19. The first-order valence-corrected chi connectivity index (χ1v) is 4.53. The Morgan fingerprint density at radius 3 is 2.18 bits per heavy atom. The molecule has 0 amide bonds. The molecule has 11 heavy (non-hydrogen) atoms. The van der Waals surface area contributed by atoms with Gasteiger partial charge in [-0.05, 0) is 39.7 Å². The molecule has 2 aliphatic heterocycles. The summed E-state index contributed by atoms with van der Waals surface area (Å²) in [5, 5.41) is 9.85. The molecule has 2 atom stereocenters. The van der Waals surface area contributed by atoms with Crippen molar-refractivity contribution in [3.05, 3.63) is 0 Å². The van der Waals surface area contributed by atoms with E-state index in [1.54, 1.807) is 0 Å². The fraction of sp³-hybridized carbons (Fsp3) is 1.00. The maximum atomic E-state index is 9.85. The molecule has 0 aromatic carbocycles. The predicted octanol–water partition coefficient (Wildman–Crippen LogP) is 0.994. The zero-order chi connectivity index (χ0) is 8.06. The predicted molar refractivity (Wildman–Crippen MR) is 44.4 cm³/mol. The smallest absolute Gasteiger partial charge is 0.0649 e. The van der Waals surface area contributed by atoms with Gasteiger partial charge in [0.15, 0.2) is 0 Å². The number of nitrogens with zero attached hydrogens (tertiary/aromatic N) is 1. The second kappa shape index (κ2) is 2.20. The lowest BCUT2D eigenvalue weighted by atomic mass is 9.88. The zero-order valence-electron chi connectivity index (χ0n) is 7.38. The molecule has 0 aliphatic carbocycles. The number of hydrogen-bond acceptors (Lipinski definition) is 2. The Balaban J connectivity index is 2.14. The summed E-state index contributed by atoms with van der Waals surface area (Å²) in [6, 6.07) is 1.31. The van der Waals surface area contributed by atoms with Gasteiger partial charge in [-0.1, -0.05) is 0 Å². The van der Waals surface area contributed by atoms with Crippen molar-refractivity contribution in [2.75, 3.05) is 7.05 Å². The first kappa shape index (κ1) is 7.56. The lowest BCUT2D eigenvalue weighted by Crippen LogP contribution is -2.47. The number of hydrogen-bond donors (Lipinski definition) is 1. The second-order valence-electron chi connectivity index (χ2n) is 4.46. The van der Waals surface area contributed by atoms with Gasteiger partial charge in [-0.2, -0.15) is 0 Å². The molecule has 2 saturated heterocycles. The summed E-state index contributed by atoms with van der Waals surface area (Å²) in [7, 11) is 2.19. The molecular formula is C9H17NO. The maximum Gasteiger partial charge on any atom is 0.0649 e. The highest BCUT2D eigenvalue weighted by atomic mass is 16.3. The van der Waals surface area contributed by atoms with E-state index < -0.39 is 0 Å². The van der Waals surface area contributed by atoms with Crippen molar-refractivity contribution in [3.63, 3.8) is 0 Å². The fourth-order valence-corrected chi connectivity index (χ4v) is 2.68. The summed E-state index contributed by atoms with van der Waals surface area (Å²) in [6.45, 7) is 1.98. The Morgan fingerprint density at radius 2 is 1.73 bits per heavy atom. The van der Waals surface area contributed by atoms with Gasteiger partial charge in [0.25, 0.3) is 0 Å². The highest BCUT2D eigenvalue weighted by Crippen LogP contribution is 2.39. The van der Waals surface area contributed by atoms with E-state index >= 15 is 0 Å². The van der Waals surface area contributed by atoms with E-state index in [9.17, 15) is 5.11 Å². The summed E-state index contributed by atoms with van der Waals surface area (Å²) in [5.74, 6) is 0. The number of fused-ring (bicyclic) bond motifs is 2. The molecular weight excluding hydrogens is 138 g/mol. The van der Waals surface area contributed by atoms with Crippen LogP contribution in [0.25, 0.3) is 0 Å². The van der Waals surface area contributed by atoms with Crippen LogP contribution in [-0.2, 0) is 0 Å². The van der Waals surface area contributed by atoms with Crippen LogP contribution in [0.3, 0.4) is 0 Å². The van der Waals surface area contributed by atoms with E-state index in [-0.39, 0.29) is 5.60 Å². The molecule has 0 aromatic rings. The van der Waals surface area contributed by atoms with Crippen LogP contribution in [0.4, 0.5) is 0 Å². The van der Waals surface area contributed by atoms with Gasteiger partial charge in [-0.25, -0.2) is 0 Å². The van der Waals surface area contributed by atoms with Gasteiger partial charge >= 0.3 is 0 Å². The first-order valence-electron chi connectivity index (χ1n) is 4.53. The van der Waals surface area contributed by atoms with Crippen molar-refractivity contribution in [3.8, 4) is 0 Å². The van der Waals surface area contributed by atoms with E-state index in [1.165, 1.54) is 12.8 Å². The zero-order valence-corrected chi connectivity index (χ0v) is 7.38. The van der Waals surface area contributed by atoms with Crippen molar-refractivity contribution < 1.29 is 5.11 Å². The van der Waals surface area contributed by atoms with Gasteiger partial charge in [-0.15, -0.1) is 0 Å². The van der Waals surface area contributed by atoms with Crippen molar-refractivity contribution in [1.29, 1.82) is 0 Å². The van der Waals surface area contributed by atoms with Crippen LogP contribution in [0, 0.1) is 0 Å².